The van der Waals surface area contributed by atoms with Crippen LogP contribution in [0.1, 0.15) is 36.8 Å². The number of hydrogen-bond acceptors (Lipinski definition) is 1. The molecule has 0 saturated carbocycles. The third-order valence-electron chi connectivity index (χ3n) is 9.24. The molecule has 0 fully saturated rings. The summed E-state index contributed by atoms with van der Waals surface area (Å²) in [6.07, 6.45) is 13.0. The third kappa shape index (κ3) is 4.53. The Morgan fingerprint density at radius 2 is 1.16 bits per heavy atom. The van der Waals surface area contributed by atoms with Crippen LogP contribution in [0.25, 0.3) is 60.1 Å². The summed E-state index contributed by atoms with van der Waals surface area (Å²) in [7, 11) is 0. The zero-order valence-corrected chi connectivity index (χ0v) is 24.5. The molecular formula is C42H33N. The molecule has 0 atom stereocenters. The Balaban J connectivity index is 1.27. The lowest BCUT2D eigenvalue weighted by Crippen LogP contribution is -2.07. The summed E-state index contributed by atoms with van der Waals surface area (Å²) >= 11 is 0. The van der Waals surface area contributed by atoms with Crippen molar-refractivity contribution in [3.8, 4) is 22.3 Å². The molecule has 0 amide bonds. The maximum absolute atomic E-state index is 4.64. The van der Waals surface area contributed by atoms with Crippen LogP contribution in [0.4, 0.5) is 0 Å². The second-order valence-electron chi connectivity index (χ2n) is 11.8. The SMILES string of the molecule is Cc1cc(C2=CC=C(C3=NC=CCC3)CC2)ccc1-c1c2ccccc2c(-c2ccc3ccccc3c2)c2ccccc12. The fourth-order valence-corrected chi connectivity index (χ4v) is 7.08. The van der Waals surface area contributed by atoms with Crippen LogP contribution in [0.3, 0.4) is 0 Å². The van der Waals surface area contributed by atoms with Crippen LogP contribution in [0.5, 0.6) is 0 Å². The van der Waals surface area contributed by atoms with Crippen molar-refractivity contribution in [3.63, 3.8) is 0 Å². The van der Waals surface area contributed by atoms with Crippen LogP contribution >= 0.6 is 0 Å². The first-order valence-corrected chi connectivity index (χ1v) is 15.4. The molecule has 1 aliphatic heterocycles. The van der Waals surface area contributed by atoms with Gasteiger partial charge in [-0.15, -0.1) is 0 Å². The first-order chi connectivity index (χ1) is 21.2. The molecule has 0 spiro atoms. The summed E-state index contributed by atoms with van der Waals surface area (Å²) in [6.45, 7) is 2.27. The Labute approximate surface area is 253 Å². The van der Waals surface area contributed by atoms with Gasteiger partial charge in [-0.3, -0.25) is 4.99 Å². The first-order valence-electron chi connectivity index (χ1n) is 15.4. The number of fused-ring (bicyclic) bond motifs is 3. The number of aliphatic imine (C=N–C) groups is 1. The van der Waals surface area contributed by atoms with Crippen LogP contribution < -0.4 is 0 Å². The van der Waals surface area contributed by atoms with Gasteiger partial charge in [0.1, 0.15) is 0 Å². The van der Waals surface area contributed by atoms with E-state index >= 15 is 0 Å². The molecule has 0 N–H and O–H groups in total. The standard InChI is InChI=1S/C42H33N/c1-28-26-33(30-17-20-31(21-18-30)40-16-8-9-25-43-40)23-24-35(28)42-38-14-6-4-12-36(38)41(37-13-5-7-15-39(37)42)34-22-19-29-10-2-3-11-32(29)27-34/h2-7,9-15,17,19-20,22-27H,8,16,18,21H2,1H3. The van der Waals surface area contributed by atoms with E-state index in [9.17, 15) is 0 Å². The highest BCUT2D eigenvalue weighted by Crippen LogP contribution is 2.45. The summed E-state index contributed by atoms with van der Waals surface area (Å²) in [5, 5.41) is 7.73. The maximum atomic E-state index is 4.64. The number of benzene rings is 6. The lowest BCUT2D eigenvalue weighted by Gasteiger charge is -2.20. The highest BCUT2D eigenvalue weighted by molar-refractivity contribution is 6.22. The monoisotopic (exact) mass is 551 g/mol. The molecule has 0 saturated heterocycles. The fourth-order valence-electron chi connectivity index (χ4n) is 7.08. The van der Waals surface area contributed by atoms with Crippen molar-refractivity contribution < 1.29 is 0 Å². The van der Waals surface area contributed by atoms with Crippen LogP contribution in [-0.2, 0) is 0 Å². The number of aryl methyl sites for hydroxylation is 1. The topological polar surface area (TPSA) is 12.4 Å². The lowest BCUT2D eigenvalue weighted by molar-refractivity contribution is 0.981. The summed E-state index contributed by atoms with van der Waals surface area (Å²) in [5.41, 5.74) is 11.9. The zero-order chi connectivity index (χ0) is 28.8. The molecule has 6 aromatic rings. The van der Waals surface area contributed by atoms with E-state index in [1.807, 2.05) is 6.20 Å². The van der Waals surface area contributed by atoms with Crippen molar-refractivity contribution >= 4 is 43.6 Å². The fraction of sp³-hybridized carbons (Fsp3) is 0.119. The van der Waals surface area contributed by atoms with Gasteiger partial charge in [-0.2, -0.15) is 0 Å². The van der Waals surface area contributed by atoms with Crippen molar-refractivity contribution in [2.24, 2.45) is 4.99 Å². The molecule has 0 bridgehead atoms. The molecule has 43 heavy (non-hydrogen) atoms. The van der Waals surface area contributed by atoms with Crippen molar-refractivity contribution in [1.29, 1.82) is 0 Å². The molecule has 1 heterocycles. The molecule has 1 nitrogen and oxygen atoms in total. The van der Waals surface area contributed by atoms with Crippen LogP contribution in [0.2, 0.25) is 0 Å². The van der Waals surface area contributed by atoms with E-state index in [-0.39, 0.29) is 0 Å². The van der Waals surface area contributed by atoms with Gasteiger partial charge in [0.25, 0.3) is 0 Å². The van der Waals surface area contributed by atoms with Gasteiger partial charge < -0.3 is 0 Å². The van der Waals surface area contributed by atoms with Gasteiger partial charge in [0.05, 0.1) is 0 Å². The summed E-state index contributed by atoms with van der Waals surface area (Å²) in [5.74, 6) is 0. The molecule has 6 aromatic carbocycles. The van der Waals surface area contributed by atoms with E-state index in [0.29, 0.717) is 0 Å². The average molecular weight is 552 g/mol. The number of rotatable bonds is 4. The minimum Gasteiger partial charge on any atom is -0.261 e. The summed E-state index contributed by atoms with van der Waals surface area (Å²) in [4.78, 5) is 4.64. The van der Waals surface area contributed by atoms with E-state index < -0.39 is 0 Å². The second kappa shape index (κ2) is 10.7. The molecule has 0 aromatic heterocycles. The van der Waals surface area contributed by atoms with E-state index in [1.54, 1.807) is 0 Å². The van der Waals surface area contributed by atoms with Crippen LogP contribution in [-0.4, -0.2) is 5.71 Å². The molecule has 2 aliphatic rings. The smallest absolute Gasteiger partial charge is 0.0438 e. The summed E-state index contributed by atoms with van der Waals surface area (Å²) in [6, 6.07) is 40.5. The van der Waals surface area contributed by atoms with Crippen LogP contribution in [0.15, 0.2) is 144 Å². The van der Waals surface area contributed by atoms with Crippen molar-refractivity contribution in [2.45, 2.75) is 32.6 Å². The zero-order valence-electron chi connectivity index (χ0n) is 24.5. The Morgan fingerprint density at radius 3 is 1.81 bits per heavy atom. The van der Waals surface area contributed by atoms with Crippen molar-refractivity contribution in [1.82, 2.24) is 0 Å². The van der Waals surface area contributed by atoms with Gasteiger partial charge >= 0.3 is 0 Å². The predicted octanol–water partition coefficient (Wildman–Crippen LogP) is 11.6. The number of hydrogen-bond donors (Lipinski definition) is 0. The van der Waals surface area contributed by atoms with Gasteiger partial charge in [-0.1, -0.05) is 121 Å². The Morgan fingerprint density at radius 1 is 0.535 bits per heavy atom. The lowest BCUT2D eigenvalue weighted by atomic mass is 9.83. The first kappa shape index (κ1) is 25.7. The largest absolute Gasteiger partial charge is 0.261 e. The molecule has 0 radical (unpaired) electrons. The van der Waals surface area contributed by atoms with Crippen molar-refractivity contribution in [2.75, 3.05) is 0 Å². The van der Waals surface area contributed by atoms with Crippen molar-refractivity contribution in [3.05, 3.63) is 150 Å². The van der Waals surface area contributed by atoms with E-state index in [0.717, 1.165) is 25.7 Å². The van der Waals surface area contributed by atoms with Gasteiger partial charge in [0, 0.05) is 11.9 Å². The Bertz CT molecular complexity index is 2130. The quantitative estimate of drug-likeness (QED) is 0.193. The van der Waals surface area contributed by atoms with Gasteiger partial charge in [0.2, 0.25) is 0 Å². The van der Waals surface area contributed by atoms with E-state index in [4.69, 9.17) is 0 Å². The maximum Gasteiger partial charge on any atom is 0.0438 e. The van der Waals surface area contributed by atoms with E-state index in [1.165, 1.54) is 82.6 Å². The highest BCUT2D eigenvalue weighted by atomic mass is 14.7. The molecule has 206 valence electrons. The normalized spacial score (nSPS) is 15.0. The molecule has 1 aliphatic carbocycles. The molecular weight excluding hydrogens is 518 g/mol. The minimum absolute atomic E-state index is 1.06. The van der Waals surface area contributed by atoms with Gasteiger partial charge in [-0.05, 0) is 116 Å². The molecule has 1 heteroatoms. The second-order valence-corrected chi connectivity index (χ2v) is 11.8. The Hall–Kier alpha value is -5.01. The van der Waals surface area contributed by atoms with E-state index in [2.05, 4.69) is 139 Å². The average Bonchev–Trinajstić information content (AvgIpc) is 3.07. The Kier molecular flexibility index (Phi) is 6.38. The molecule has 8 rings (SSSR count). The molecule has 0 unspecified atom stereocenters. The van der Waals surface area contributed by atoms with Gasteiger partial charge in [0.15, 0.2) is 0 Å². The minimum atomic E-state index is 1.06. The van der Waals surface area contributed by atoms with Crippen LogP contribution in [0, 0.1) is 6.92 Å². The third-order valence-corrected chi connectivity index (χ3v) is 9.24. The highest BCUT2D eigenvalue weighted by Gasteiger charge is 2.19. The predicted molar refractivity (Wildman–Crippen MR) is 186 cm³/mol. The number of allylic oxidation sites excluding steroid dienone is 5. The van der Waals surface area contributed by atoms with Gasteiger partial charge in [-0.25, -0.2) is 0 Å². The number of nitrogens with zero attached hydrogens (tertiary/aromatic N) is 1. The summed E-state index contributed by atoms with van der Waals surface area (Å²) < 4.78 is 0.